The van der Waals surface area contributed by atoms with Gasteiger partial charge in [-0.3, -0.25) is 0 Å². The molecule has 0 spiro atoms. The van der Waals surface area contributed by atoms with Crippen molar-refractivity contribution in [2.75, 3.05) is 0 Å². The summed E-state index contributed by atoms with van der Waals surface area (Å²) in [6.07, 6.45) is 1.02. The number of aryl methyl sites for hydroxylation is 2. The molecule has 20 heavy (non-hydrogen) atoms. The minimum atomic E-state index is -0.592. The van der Waals surface area contributed by atoms with Crippen molar-refractivity contribution in [3.63, 3.8) is 0 Å². The second-order valence-corrected chi connectivity index (χ2v) is 5.49. The number of halogens is 2. The fourth-order valence-corrected chi connectivity index (χ4v) is 2.39. The predicted octanol–water partition coefficient (Wildman–Crippen LogP) is 4.32. The van der Waals surface area contributed by atoms with Gasteiger partial charge >= 0.3 is 0 Å². The van der Waals surface area contributed by atoms with E-state index in [0.29, 0.717) is 17.0 Å². The van der Waals surface area contributed by atoms with Crippen molar-refractivity contribution in [2.45, 2.75) is 32.3 Å². The van der Waals surface area contributed by atoms with Crippen LogP contribution in [0, 0.1) is 12.7 Å². The van der Waals surface area contributed by atoms with Crippen LogP contribution < -0.4 is 0 Å². The van der Waals surface area contributed by atoms with Gasteiger partial charge in [-0.1, -0.05) is 47.5 Å². The summed E-state index contributed by atoms with van der Waals surface area (Å²) in [5, 5.41) is 10.4. The lowest BCUT2D eigenvalue weighted by molar-refractivity contribution is 0.164. The van der Waals surface area contributed by atoms with Crippen molar-refractivity contribution in [2.24, 2.45) is 0 Å². The molecule has 0 heterocycles. The smallest absolute Gasteiger partial charge is 0.127 e. The van der Waals surface area contributed by atoms with Gasteiger partial charge in [-0.15, -0.1) is 0 Å². The molecule has 0 radical (unpaired) electrons. The fourth-order valence-electron chi connectivity index (χ4n) is 2.15. The van der Waals surface area contributed by atoms with Gasteiger partial charge in [-0.2, -0.15) is 0 Å². The van der Waals surface area contributed by atoms with Crippen LogP contribution in [-0.2, 0) is 12.8 Å². The molecule has 0 amide bonds. The Morgan fingerprint density at radius 2 is 1.85 bits per heavy atom. The van der Waals surface area contributed by atoms with Crippen LogP contribution in [-0.4, -0.2) is 11.2 Å². The van der Waals surface area contributed by atoms with E-state index in [1.807, 2.05) is 6.92 Å². The molecular formula is C17H18ClFO. The molecule has 3 heteroatoms. The molecule has 0 aliphatic carbocycles. The molecule has 0 aromatic heterocycles. The number of hydrogen-bond acceptors (Lipinski definition) is 1. The van der Waals surface area contributed by atoms with Crippen LogP contribution in [0.15, 0.2) is 42.5 Å². The average molecular weight is 293 g/mol. The molecule has 1 atom stereocenters. The van der Waals surface area contributed by atoms with E-state index in [-0.39, 0.29) is 12.2 Å². The van der Waals surface area contributed by atoms with E-state index >= 15 is 0 Å². The van der Waals surface area contributed by atoms with Gasteiger partial charge in [0.25, 0.3) is 0 Å². The summed E-state index contributed by atoms with van der Waals surface area (Å²) in [6, 6.07) is 12.8. The highest BCUT2D eigenvalue weighted by molar-refractivity contribution is 6.31. The Balaban J connectivity index is 1.92. The van der Waals surface area contributed by atoms with E-state index in [2.05, 4.69) is 24.3 Å². The van der Waals surface area contributed by atoms with Crippen molar-refractivity contribution in [1.82, 2.24) is 0 Å². The van der Waals surface area contributed by atoms with Gasteiger partial charge in [-0.25, -0.2) is 4.39 Å². The Bertz CT molecular complexity index is 545. The average Bonchev–Trinajstić information content (AvgIpc) is 2.42. The van der Waals surface area contributed by atoms with E-state index < -0.39 is 6.10 Å². The number of aliphatic hydroxyl groups is 1. The number of aliphatic hydroxyl groups excluding tert-OH is 1. The third-order valence-electron chi connectivity index (χ3n) is 3.39. The summed E-state index contributed by atoms with van der Waals surface area (Å²) in [5.74, 6) is -0.355. The molecular weight excluding hydrogens is 275 g/mol. The highest BCUT2D eigenvalue weighted by Gasteiger charge is 2.12. The molecule has 1 N–H and O–H groups in total. The fraction of sp³-hybridized carbons (Fsp3) is 0.294. The highest BCUT2D eigenvalue weighted by atomic mass is 35.5. The zero-order chi connectivity index (χ0) is 14.5. The van der Waals surface area contributed by atoms with Gasteiger partial charge in [0.2, 0.25) is 0 Å². The number of benzene rings is 2. The lowest BCUT2D eigenvalue weighted by atomic mass is 10.0. The second kappa shape index (κ2) is 6.87. The van der Waals surface area contributed by atoms with Gasteiger partial charge in [0.1, 0.15) is 5.82 Å². The second-order valence-electron chi connectivity index (χ2n) is 5.08. The van der Waals surface area contributed by atoms with Crippen LogP contribution in [0.1, 0.15) is 23.1 Å². The van der Waals surface area contributed by atoms with E-state index in [0.717, 1.165) is 6.42 Å². The SMILES string of the molecule is Cc1ccc(CCC(O)Cc2c(F)cccc2Cl)cc1. The Morgan fingerprint density at radius 1 is 1.15 bits per heavy atom. The molecule has 0 aliphatic heterocycles. The maximum absolute atomic E-state index is 13.6. The molecule has 2 aromatic rings. The Hall–Kier alpha value is -1.38. The third kappa shape index (κ3) is 4.06. The van der Waals surface area contributed by atoms with Gasteiger partial charge in [0.15, 0.2) is 0 Å². The van der Waals surface area contributed by atoms with Crippen LogP contribution in [0.2, 0.25) is 5.02 Å². The van der Waals surface area contributed by atoms with Crippen molar-refractivity contribution < 1.29 is 9.50 Å². The first-order valence-corrected chi connectivity index (χ1v) is 7.10. The molecule has 0 fully saturated rings. The Morgan fingerprint density at radius 3 is 2.50 bits per heavy atom. The van der Waals surface area contributed by atoms with Gasteiger partial charge < -0.3 is 5.11 Å². The van der Waals surface area contributed by atoms with E-state index in [4.69, 9.17) is 11.6 Å². The first-order chi connectivity index (χ1) is 9.56. The summed E-state index contributed by atoms with van der Waals surface area (Å²) in [6.45, 7) is 2.04. The summed E-state index contributed by atoms with van der Waals surface area (Å²) < 4.78 is 13.6. The van der Waals surface area contributed by atoms with E-state index in [9.17, 15) is 9.50 Å². The maximum Gasteiger partial charge on any atom is 0.127 e. The molecule has 2 rings (SSSR count). The number of hydrogen-bond donors (Lipinski definition) is 1. The van der Waals surface area contributed by atoms with Crippen molar-refractivity contribution >= 4 is 11.6 Å². The minimum absolute atomic E-state index is 0.247. The lowest BCUT2D eigenvalue weighted by Crippen LogP contribution is -2.13. The van der Waals surface area contributed by atoms with Crippen LogP contribution >= 0.6 is 11.6 Å². The molecule has 0 bridgehead atoms. The molecule has 106 valence electrons. The standard InChI is InChI=1S/C17H18ClFO/c1-12-5-7-13(8-6-12)9-10-14(20)11-15-16(18)3-2-4-17(15)19/h2-8,14,20H,9-11H2,1H3. The first-order valence-electron chi connectivity index (χ1n) is 6.73. The molecule has 2 aromatic carbocycles. The largest absolute Gasteiger partial charge is 0.393 e. The molecule has 0 saturated heterocycles. The Kier molecular flexibility index (Phi) is 5.16. The molecule has 0 saturated carbocycles. The van der Waals surface area contributed by atoms with Gasteiger partial charge in [0.05, 0.1) is 6.10 Å². The van der Waals surface area contributed by atoms with Crippen LogP contribution in [0.3, 0.4) is 0 Å². The van der Waals surface area contributed by atoms with Crippen LogP contribution in [0.5, 0.6) is 0 Å². The summed E-state index contributed by atoms with van der Waals surface area (Å²) >= 11 is 5.96. The predicted molar refractivity (Wildman–Crippen MR) is 80.6 cm³/mol. The monoisotopic (exact) mass is 292 g/mol. The zero-order valence-electron chi connectivity index (χ0n) is 11.4. The first kappa shape index (κ1) is 15.0. The maximum atomic E-state index is 13.6. The molecule has 0 aliphatic rings. The summed E-state index contributed by atoms with van der Waals surface area (Å²) in [4.78, 5) is 0. The minimum Gasteiger partial charge on any atom is -0.393 e. The zero-order valence-corrected chi connectivity index (χ0v) is 12.2. The highest BCUT2D eigenvalue weighted by Crippen LogP contribution is 2.21. The molecule has 1 nitrogen and oxygen atoms in total. The quantitative estimate of drug-likeness (QED) is 0.870. The van der Waals surface area contributed by atoms with Crippen LogP contribution in [0.25, 0.3) is 0 Å². The van der Waals surface area contributed by atoms with Crippen molar-refractivity contribution in [1.29, 1.82) is 0 Å². The normalized spacial score (nSPS) is 12.4. The Labute approximate surface area is 124 Å². The topological polar surface area (TPSA) is 20.2 Å². The van der Waals surface area contributed by atoms with E-state index in [1.54, 1.807) is 12.1 Å². The van der Waals surface area contributed by atoms with E-state index in [1.165, 1.54) is 17.2 Å². The van der Waals surface area contributed by atoms with Crippen LogP contribution in [0.4, 0.5) is 4.39 Å². The third-order valence-corrected chi connectivity index (χ3v) is 3.74. The summed E-state index contributed by atoms with van der Waals surface area (Å²) in [5.41, 5.74) is 2.78. The van der Waals surface area contributed by atoms with Gasteiger partial charge in [0, 0.05) is 17.0 Å². The lowest BCUT2D eigenvalue weighted by Gasteiger charge is -2.12. The summed E-state index contributed by atoms with van der Waals surface area (Å²) in [7, 11) is 0. The van der Waals surface area contributed by atoms with Crippen molar-refractivity contribution in [3.8, 4) is 0 Å². The number of rotatable bonds is 5. The van der Waals surface area contributed by atoms with Crippen molar-refractivity contribution in [3.05, 3.63) is 70.0 Å². The molecule has 1 unspecified atom stereocenters. The van der Waals surface area contributed by atoms with Gasteiger partial charge in [-0.05, 0) is 37.5 Å².